The quantitative estimate of drug-likeness (QED) is 0.202. The summed E-state index contributed by atoms with van der Waals surface area (Å²) in [4.78, 5) is 46.2. The molecule has 3 rings (SSSR count). The molecule has 0 saturated heterocycles. The summed E-state index contributed by atoms with van der Waals surface area (Å²) in [5.41, 5.74) is 12.7. The van der Waals surface area contributed by atoms with Crippen molar-refractivity contribution in [2.75, 3.05) is 11.9 Å². The molecule has 0 fully saturated rings. The van der Waals surface area contributed by atoms with Crippen molar-refractivity contribution < 1.29 is 19.1 Å². The van der Waals surface area contributed by atoms with Crippen LogP contribution in [-0.4, -0.2) is 35.3 Å². The number of anilines is 1. The number of carbonyl (C=O) groups excluding carboxylic acids is 3. The lowest BCUT2D eigenvalue weighted by Crippen LogP contribution is -2.30. The minimum Gasteiger partial charge on any atom is -0.466 e. The third-order valence-electron chi connectivity index (χ3n) is 4.78. The minimum absolute atomic E-state index is 0.0111. The van der Waals surface area contributed by atoms with E-state index in [2.05, 4.69) is 20.6 Å². The lowest BCUT2D eigenvalue weighted by molar-refractivity contribution is -0.143. The third kappa shape index (κ3) is 7.11. The highest BCUT2D eigenvalue weighted by Crippen LogP contribution is 2.26. The maximum absolute atomic E-state index is 13.0. The standard InChI is InChI=1S/C24H26N6O4S/c1-3-34-19(31)13-18(15-8-5-4-6-9-15)29-21(32)16-10-7-11-17(12-16)28-22(33)20-14(2)27-24(35-20)30-23(25)26/h4-12,18H,3,13H2,1-2H3,(H,28,33)(H,29,32)(H4,25,26,27,30). The molecule has 2 aromatic carbocycles. The van der Waals surface area contributed by atoms with E-state index in [9.17, 15) is 14.4 Å². The number of aryl methyl sites for hydroxylation is 1. The minimum atomic E-state index is -0.574. The molecule has 1 atom stereocenters. The molecular formula is C24H26N6O4S. The summed E-state index contributed by atoms with van der Waals surface area (Å²) in [6.45, 7) is 3.65. The van der Waals surface area contributed by atoms with Crippen molar-refractivity contribution in [3.8, 4) is 0 Å². The number of carbonyl (C=O) groups is 3. The van der Waals surface area contributed by atoms with Crippen molar-refractivity contribution in [1.29, 1.82) is 0 Å². The fourth-order valence-electron chi connectivity index (χ4n) is 3.24. The van der Waals surface area contributed by atoms with Crippen LogP contribution in [0.1, 0.15) is 50.7 Å². The first-order valence-corrected chi connectivity index (χ1v) is 11.6. The number of aliphatic imine (C=N–C) groups is 1. The maximum Gasteiger partial charge on any atom is 0.308 e. The number of hydrogen-bond donors (Lipinski definition) is 4. The summed E-state index contributed by atoms with van der Waals surface area (Å²) >= 11 is 1.05. The molecule has 3 aromatic rings. The van der Waals surface area contributed by atoms with Crippen molar-refractivity contribution in [1.82, 2.24) is 10.3 Å². The smallest absolute Gasteiger partial charge is 0.308 e. The first-order valence-electron chi connectivity index (χ1n) is 10.8. The zero-order chi connectivity index (χ0) is 25.4. The summed E-state index contributed by atoms with van der Waals surface area (Å²) in [5.74, 6) is -1.37. The second-order valence-electron chi connectivity index (χ2n) is 7.43. The normalized spacial score (nSPS) is 11.3. The van der Waals surface area contributed by atoms with E-state index in [4.69, 9.17) is 16.2 Å². The Labute approximate surface area is 206 Å². The van der Waals surface area contributed by atoms with Crippen LogP contribution in [0.2, 0.25) is 0 Å². The Morgan fingerprint density at radius 3 is 2.51 bits per heavy atom. The molecule has 35 heavy (non-hydrogen) atoms. The average Bonchev–Trinajstić information content (AvgIpc) is 3.18. The van der Waals surface area contributed by atoms with Gasteiger partial charge in [0.1, 0.15) is 4.88 Å². The first kappa shape index (κ1) is 25.4. The number of benzene rings is 2. The summed E-state index contributed by atoms with van der Waals surface area (Å²) in [7, 11) is 0. The molecule has 2 amide bonds. The van der Waals surface area contributed by atoms with Gasteiger partial charge in [-0.2, -0.15) is 4.99 Å². The van der Waals surface area contributed by atoms with Crippen LogP contribution in [0.25, 0.3) is 0 Å². The van der Waals surface area contributed by atoms with E-state index in [1.807, 2.05) is 30.3 Å². The van der Waals surface area contributed by atoms with Gasteiger partial charge in [-0.1, -0.05) is 47.7 Å². The number of guanidine groups is 1. The van der Waals surface area contributed by atoms with Gasteiger partial charge in [0, 0.05) is 11.3 Å². The molecule has 6 N–H and O–H groups in total. The lowest BCUT2D eigenvalue weighted by atomic mass is 10.0. The second kappa shape index (κ2) is 11.7. The van der Waals surface area contributed by atoms with Crippen molar-refractivity contribution in [2.24, 2.45) is 16.5 Å². The third-order valence-corrected chi connectivity index (χ3v) is 5.83. The van der Waals surface area contributed by atoms with Gasteiger partial charge in [0.2, 0.25) is 5.13 Å². The van der Waals surface area contributed by atoms with Gasteiger partial charge in [-0.05, 0) is 37.6 Å². The highest BCUT2D eigenvalue weighted by Gasteiger charge is 2.21. The van der Waals surface area contributed by atoms with Gasteiger partial charge in [0.05, 0.1) is 24.8 Å². The van der Waals surface area contributed by atoms with Gasteiger partial charge in [-0.25, -0.2) is 4.98 Å². The van der Waals surface area contributed by atoms with E-state index in [1.165, 1.54) is 0 Å². The molecule has 0 saturated carbocycles. The Bertz CT molecular complexity index is 1240. The second-order valence-corrected chi connectivity index (χ2v) is 8.41. The summed E-state index contributed by atoms with van der Waals surface area (Å²) in [6.07, 6.45) is -0.0111. The number of nitrogens with two attached hydrogens (primary N) is 2. The van der Waals surface area contributed by atoms with E-state index in [1.54, 1.807) is 38.1 Å². The fourth-order valence-corrected chi connectivity index (χ4v) is 4.10. The molecule has 0 aliphatic heterocycles. The largest absolute Gasteiger partial charge is 0.466 e. The molecule has 0 aliphatic rings. The molecule has 182 valence electrons. The van der Waals surface area contributed by atoms with Gasteiger partial charge >= 0.3 is 5.97 Å². The van der Waals surface area contributed by atoms with Gasteiger partial charge in [0.25, 0.3) is 11.8 Å². The predicted molar refractivity (Wildman–Crippen MR) is 135 cm³/mol. The summed E-state index contributed by atoms with van der Waals surface area (Å²) in [6, 6.07) is 15.1. The molecule has 1 aromatic heterocycles. The number of esters is 1. The Morgan fingerprint density at radius 1 is 1.09 bits per heavy atom. The van der Waals surface area contributed by atoms with Crippen LogP contribution in [0.15, 0.2) is 59.6 Å². The number of hydrogen-bond acceptors (Lipinski definition) is 7. The van der Waals surface area contributed by atoms with Gasteiger partial charge in [-0.3, -0.25) is 14.4 Å². The lowest BCUT2D eigenvalue weighted by Gasteiger charge is -2.19. The Hall–Kier alpha value is -4.25. The summed E-state index contributed by atoms with van der Waals surface area (Å²) < 4.78 is 5.05. The van der Waals surface area contributed by atoms with Crippen molar-refractivity contribution in [2.45, 2.75) is 26.3 Å². The Kier molecular flexibility index (Phi) is 8.52. The monoisotopic (exact) mass is 494 g/mol. The molecular weight excluding hydrogens is 468 g/mol. The highest BCUT2D eigenvalue weighted by atomic mass is 32.1. The van der Waals surface area contributed by atoms with Crippen molar-refractivity contribution in [3.05, 3.63) is 76.3 Å². The van der Waals surface area contributed by atoms with E-state index in [0.29, 0.717) is 21.8 Å². The molecule has 1 unspecified atom stereocenters. The van der Waals surface area contributed by atoms with Crippen LogP contribution in [0, 0.1) is 6.92 Å². The maximum atomic E-state index is 13.0. The number of aromatic nitrogens is 1. The van der Waals surface area contributed by atoms with Gasteiger partial charge in [-0.15, -0.1) is 0 Å². The Morgan fingerprint density at radius 2 is 1.83 bits per heavy atom. The molecule has 1 heterocycles. The number of amides is 2. The van der Waals surface area contributed by atoms with E-state index in [-0.39, 0.29) is 24.1 Å². The first-order chi connectivity index (χ1) is 16.8. The molecule has 0 radical (unpaired) electrons. The summed E-state index contributed by atoms with van der Waals surface area (Å²) in [5, 5.41) is 5.92. The topological polar surface area (TPSA) is 162 Å². The number of thiazole rings is 1. The molecule has 0 spiro atoms. The SMILES string of the molecule is CCOC(=O)CC(NC(=O)c1cccc(NC(=O)c2sc(N=C(N)N)nc2C)c1)c1ccccc1. The van der Waals surface area contributed by atoms with Crippen LogP contribution in [-0.2, 0) is 9.53 Å². The fraction of sp³-hybridized carbons (Fsp3) is 0.208. The number of ether oxygens (including phenoxy) is 1. The predicted octanol–water partition coefficient (Wildman–Crippen LogP) is 3.03. The Balaban J connectivity index is 1.75. The van der Waals surface area contributed by atoms with E-state index in [0.717, 1.165) is 16.9 Å². The molecule has 0 aliphatic carbocycles. The van der Waals surface area contributed by atoms with E-state index < -0.39 is 23.8 Å². The molecule has 0 bridgehead atoms. The van der Waals surface area contributed by atoms with Crippen molar-refractivity contribution in [3.63, 3.8) is 0 Å². The number of nitrogens with zero attached hydrogens (tertiary/aromatic N) is 2. The molecule has 11 heteroatoms. The number of nitrogens with one attached hydrogen (secondary N) is 2. The average molecular weight is 495 g/mol. The van der Waals surface area contributed by atoms with Crippen LogP contribution in [0.5, 0.6) is 0 Å². The highest BCUT2D eigenvalue weighted by molar-refractivity contribution is 7.17. The number of rotatable bonds is 9. The molecule has 10 nitrogen and oxygen atoms in total. The zero-order valence-electron chi connectivity index (χ0n) is 19.3. The van der Waals surface area contributed by atoms with Gasteiger partial charge in [0.15, 0.2) is 5.96 Å². The van der Waals surface area contributed by atoms with Crippen LogP contribution in [0.4, 0.5) is 10.8 Å². The van der Waals surface area contributed by atoms with Crippen LogP contribution in [0.3, 0.4) is 0 Å². The zero-order valence-corrected chi connectivity index (χ0v) is 20.1. The van der Waals surface area contributed by atoms with Crippen LogP contribution < -0.4 is 22.1 Å². The van der Waals surface area contributed by atoms with E-state index >= 15 is 0 Å². The van der Waals surface area contributed by atoms with Crippen molar-refractivity contribution >= 4 is 45.9 Å². The van der Waals surface area contributed by atoms with Gasteiger partial charge < -0.3 is 26.8 Å². The van der Waals surface area contributed by atoms with Crippen LogP contribution >= 0.6 is 11.3 Å².